The number of ether oxygens (including phenoxy) is 3. The molecule has 28 heavy (non-hydrogen) atoms. The standard InChI is InChI=1S/C24H46O4/c1-7-26-21(25)18-23(3,4)16-14-12-10-8-9-11-13-15-17-24(5,6)19-22-27-20(2)28-22/h20,22H,7-19H2,1-6H3. The molecule has 0 N–H and O–H groups in total. The molecule has 1 aliphatic heterocycles. The van der Waals surface area contributed by atoms with Crippen LogP contribution in [0, 0.1) is 10.8 Å². The number of unbranched alkanes of at least 4 members (excludes halogenated alkanes) is 7. The van der Waals surface area contributed by atoms with Crippen molar-refractivity contribution in [1.29, 1.82) is 0 Å². The van der Waals surface area contributed by atoms with Crippen LogP contribution < -0.4 is 0 Å². The lowest BCUT2D eigenvalue weighted by Crippen LogP contribution is -2.41. The monoisotopic (exact) mass is 398 g/mol. The van der Waals surface area contributed by atoms with Gasteiger partial charge in [0.05, 0.1) is 13.0 Å². The van der Waals surface area contributed by atoms with Crippen LogP contribution in [0.5, 0.6) is 0 Å². The lowest BCUT2D eigenvalue weighted by Gasteiger charge is -2.38. The first-order valence-corrected chi connectivity index (χ1v) is 11.6. The summed E-state index contributed by atoms with van der Waals surface area (Å²) in [5.41, 5.74) is 0.369. The van der Waals surface area contributed by atoms with Crippen molar-refractivity contribution in [1.82, 2.24) is 0 Å². The maximum absolute atomic E-state index is 11.6. The molecule has 0 bridgehead atoms. The molecule has 0 aromatic heterocycles. The van der Waals surface area contributed by atoms with E-state index in [0.717, 1.165) is 12.8 Å². The number of carbonyl (C=O) groups is 1. The van der Waals surface area contributed by atoms with Gasteiger partial charge < -0.3 is 14.2 Å². The number of rotatable bonds is 16. The third kappa shape index (κ3) is 12.1. The van der Waals surface area contributed by atoms with Gasteiger partial charge in [-0.15, -0.1) is 0 Å². The molecule has 0 unspecified atom stereocenters. The minimum absolute atomic E-state index is 0.00978. The number of carbonyl (C=O) groups excluding carboxylic acids is 1. The molecule has 0 spiro atoms. The normalized spacial score (nSPS) is 20.1. The molecule has 166 valence electrons. The Kier molecular flexibility index (Phi) is 11.7. The maximum Gasteiger partial charge on any atom is 0.306 e. The van der Waals surface area contributed by atoms with Crippen molar-refractivity contribution < 1.29 is 19.0 Å². The van der Waals surface area contributed by atoms with Gasteiger partial charge in [-0.2, -0.15) is 0 Å². The zero-order valence-corrected chi connectivity index (χ0v) is 19.5. The summed E-state index contributed by atoms with van der Waals surface area (Å²) < 4.78 is 16.2. The van der Waals surface area contributed by atoms with Crippen molar-refractivity contribution in [2.75, 3.05) is 6.61 Å². The summed E-state index contributed by atoms with van der Waals surface area (Å²) in [5, 5.41) is 0. The predicted molar refractivity (Wildman–Crippen MR) is 115 cm³/mol. The smallest absolute Gasteiger partial charge is 0.306 e. The van der Waals surface area contributed by atoms with E-state index in [0.29, 0.717) is 18.4 Å². The van der Waals surface area contributed by atoms with Crippen LogP contribution in [0.1, 0.15) is 119 Å². The SMILES string of the molecule is CCOC(=O)CC(C)(C)CCCCCCCCCCC(C)(C)CC1OC(C)O1. The zero-order valence-electron chi connectivity index (χ0n) is 19.5. The molecule has 0 amide bonds. The third-order valence-corrected chi connectivity index (χ3v) is 5.79. The molecule has 1 rings (SSSR count). The summed E-state index contributed by atoms with van der Waals surface area (Å²) in [6, 6.07) is 0. The molecule has 0 aromatic carbocycles. The number of hydrogen-bond acceptors (Lipinski definition) is 4. The molecule has 1 aliphatic rings. The molecule has 0 aromatic rings. The van der Waals surface area contributed by atoms with Crippen LogP contribution in [0.3, 0.4) is 0 Å². The highest BCUT2D eigenvalue weighted by Gasteiger charge is 2.32. The summed E-state index contributed by atoms with van der Waals surface area (Å²) in [5.74, 6) is -0.0574. The summed E-state index contributed by atoms with van der Waals surface area (Å²) in [7, 11) is 0. The summed E-state index contributed by atoms with van der Waals surface area (Å²) in [6.07, 6.45) is 14.4. The molecular formula is C24H46O4. The van der Waals surface area contributed by atoms with Crippen LogP contribution in [-0.2, 0) is 19.0 Å². The Morgan fingerprint density at radius 3 is 1.75 bits per heavy atom. The minimum Gasteiger partial charge on any atom is -0.466 e. The van der Waals surface area contributed by atoms with E-state index in [-0.39, 0.29) is 24.0 Å². The molecule has 4 nitrogen and oxygen atoms in total. The Bertz CT molecular complexity index is 424. The van der Waals surface area contributed by atoms with Crippen LogP contribution in [0.4, 0.5) is 0 Å². The molecule has 0 atom stereocenters. The fraction of sp³-hybridized carbons (Fsp3) is 0.958. The van der Waals surface area contributed by atoms with E-state index in [2.05, 4.69) is 27.7 Å². The van der Waals surface area contributed by atoms with Crippen molar-refractivity contribution in [3.63, 3.8) is 0 Å². The first-order chi connectivity index (χ1) is 13.1. The van der Waals surface area contributed by atoms with Crippen LogP contribution in [0.25, 0.3) is 0 Å². The maximum atomic E-state index is 11.6. The lowest BCUT2D eigenvalue weighted by molar-refractivity contribution is -0.382. The minimum atomic E-state index is -0.0574. The summed E-state index contributed by atoms with van der Waals surface area (Å²) in [4.78, 5) is 11.6. The Morgan fingerprint density at radius 1 is 0.821 bits per heavy atom. The number of hydrogen-bond donors (Lipinski definition) is 0. The first-order valence-electron chi connectivity index (χ1n) is 11.6. The zero-order chi connectivity index (χ0) is 21.0. The number of esters is 1. The molecule has 0 saturated carbocycles. The molecule has 1 saturated heterocycles. The fourth-order valence-electron chi connectivity index (χ4n) is 4.05. The van der Waals surface area contributed by atoms with Gasteiger partial charge >= 0.3 is 5.97 Å². The van der Waals surface area contributed by atoms with Crippen molar-refractivity contribution in [3.05, 3.63) is 0 Å². The van der Waals surface area contributed by atoms with E-state index in [1.54, 1.807) is 0 Å². The molecule has 0 radical (unpaired) electrons. The van der Waals surface area contributed by atoms with Crippen LogP contribution in [0.2, 0.25) is 0 Å². The quantitative estimate of drug-likeness (QED) is 0.207. The van der Waals surface area contributed by atoms with Gasteiger partial charge in [0.25, 0.3) is 0 Å². The van der Waals surface area contributed by atoms with Gasteiger partial charge in [0.1, 0.15) is 0 Å². The second kappa shape index (κ2) is 12.8. The second-order valence-electron chi connectivity index (χ2n) is 10.1. The van der Waals surface area contributed by atoms with Crippen molar-refractivity contribution >= 4 is 5.97 Å². The van der Waals surface area contributed by atoms with Crippen molar-refractivity contribution in [3.8, 4) is 0 Å². The van der Waals surface area contributed by atoms with Crippen molar-refractivity contribution in [2.45, 2.75) is 131 Å². The van der Waals surface area contributed by atoms with E-state index in [1.807, 2.05) is 13.8 Å². The molecule has 1 heterocycles. The average Bonchev–Trinajstić information content (AvgIpc) is 2.54. The topological polar surface area (TPSA) is 44.8 Å². The van der Waals surface area contributed by atoms with Gasteiger partial charge in [-0.3, -0.25) is 4.79 Å². The van der Waals surface area contributed by atoms with Gasteiger partial charge in [-0.1, -0.05) is 79.1 Å². The highest BCUT2D eigenvalue weighted by molar-refractivity contribution is 5.70. The third-order valence-electron chi connectivity index (χ3n) is 5.79. The highest BCUT2D eigenvalue weighted by atomic mass is 16.9. The molecule has 0 aliphatic carbocycles. The van der Waals surface area contributed by atoms with Gasteiger partial charge in [0.15, 0.2) is 12.6 Å². The lowest BCUT2D eigenvalue weighted by atomic mass is 9.83. The second-order valence-corrected chi connectivity index (χ2v) is 10.1. The molecule has 4 heteroatoms. The first kappa shape index (κ1) is 25.4. The van der Waals surface area contributed by atoms with Crippen LogP contribution >= 0.6 is 0 Å². The predicted octanol–water partition coefficient (Wildman–Crippen LogP) is 7.00. The Morgan fingerprint density at radius 2 is 1.29 bits per heavy atom. The van der Waals surface area contributed by atoms with Gasteiger partial charge in [-0.05, 0) is 37.5 Å². The Labute approximate surface area is 174 Å². The average molecular weight is 399 g/mol. The van der Waals surface area contributed by atoms with Gasteiger partial charge in [0, 0.05) is 6.42 Å². The van der Waals surface area contributed by atoms with Crippen molar-refractivity contribution in [2.24, 2.45) is 10.8 Å². The fourth-order valence-corrected chi connectivity index (χ4v) is 4.05. The Balaban J connectivity index is 1.92. The molecular weight excluding hydrogens is 352 g/mol. The van der Waals surface area contributed by atoms with E-state index in [9.17, 15) is 4.79 Å². The van der Waals surface area contributed by atoms with Crippen LogP contribution in [0.15, 0.2) is 0 Å². The Hall–Kier alpha value is -0.610. The summed E-state index contributed by atoms with van der Waals surface area (Å²) in [6.45, 7) is 13.3. The van der Waals surface area contributed by atoms with E-state index >= 15 is 0 Å². The van der Waals surface area contributed by atoms with Gasteiger partial charge in [-0.25, -0.2) is 0 Å². The largest absolute Gasteiger partial charge is 0.466 e. The highest BCUT2D eigenvalue weighted by Crippen LogP contribution is 2.34. The van der Waals surface area contributed by atoms with Gasteiger partial charge in [0.2, 0.25) is 0 Å². The van der Waals surface area contributed by atoms with Crippen LogP contribution in [-0.4, -0.2) is 25.2 Å². The molecule has 1 fully saturated rings. The van der Waals surface area contributed by atoms with E-state index in [1.165, 1.54) is 57.8 Å². The summed E-state index contributed by atoms with van der Waals surface area (Å²) >= 11 is 0. The van der Waals surface area contributed by atoms with E-state index in [4.69, 9.17) is 14.2 Å². The van der Waals surface area contributed by atoms with E-state index < -0.39 is 0 Å².